The molecular formula is C13H24BrN3O. The standard InChI is InChI=1S/C13H24BrN3O/c1-10(15-4)8-13(2,3)12-11(14)9-16-17(12)6-7-18-5/h9-10,15H,6-8H2,1-5H3. The lowest BCUT2D eigenvalue weighted by molar-refractivity contribution is 0.180. The van der Waals surface area contributed by atoms with Crippen LogP contribution in [-0.2, 0) is 16.7 Å². The van der Waals surface area contributed by atoms with Crippen LogP contribution in [0.25, 0.3) is 0 Å². The molecular weight excluding hydrogens is 294 g/mol. The molecule has 1 aromatic heterocycles. The molecule has 1 unspecified atom stereocenters. The van der Waals surface area contributed by atoms with Crippen molar-refractivity contribution in [3.8, 4) is 0 Å². The molecule has 1 heterocycles. The van der Waals surface area contributed by atoms with E-state index in [1.54, 1.807) is 7.11 Å². The Labute approximate surface area is 118 Å². The highest BCUT2D eigenvalue weighted by atomic mass is 79.9. The maximum Gasteiger partial charge on any atom is 0.0659 e. The van der Waals surface area contributed by atoms with Crippen LogP contribution in [0.5, 0.6) is 0 Å². The van der Waals surface area contributed by atoms with Crippen LogP contribution in [0.2, 0.25) is 0 Å². The van der Waals surface area contributed by atoms with Crippen LogP contribution in [-0.4, -0.2) is 36.6 Å². The van der Waals surface area contributed by atoms with Gasteiger partial charge in [-0.15, -0.1) is 0 Å². The zero-order valence-corrected chi connectivity index (χ0v) is 13.5. The number of nitrogens with one attached hydrogen (secondary N) is 1. The van der Waals surface area contributed by atoms with E-state index in [0.717, 1.165) is 17.4 Å². The molecule has 0 aliphatic heterocycles. The van der Waals surface area contributed by atoms with Gasteiger partial charge in [0.25, 0.3) is 0 Å². The molecule has 0 spiro atoms. The van der Waals surface area contributed by atoms with Crippen LogP contribution in [0, 0.1) is 0 Å². The molecule has 5 heteroatoms. The highest BCUT2D eigenvalue weighted by molar-refractivity contribution is 9.10. The van der Waals surface area contributed by atoms with Gasteiger partial charge in [-0.1, -0.05) is 13.8 Å². The lowest BCUT2D eigenvalue weighted by atomic mass is 9.82. The number of hydrogen-bond donors (Lipinski definition) is 1. The molecule has 1 atom stereocenters. The van der Waals surface area contributed by atoms with Gasteiger partial charge in [0, 0.05) is 18.6 Å². The van der Waals surface area contributed by atoms with E-state index in [1.165, 1.54) is 5.69 Å². The van der Waals surface area contributed by atoms with Gasteiger partial charge in [0.05, 0.1) is 29.5 Å². The summed E-state index contributed by atoms with van der Waals surface area (Å²) in [6.07, 6.45) is 2.93. The summed E-state index contributed by atoms with van der Waals surface area (Å²) in [5.74, 6) is 0. The van der Waals surface area contributed by atoms with Crippen LogP contribution in [0.15, 0.2) is 10.7 Å². The van der Waals surface area contributed by atoms with Gasteiger partial charge in [-0.3, -0.25) is 4.68 Å². The Morgan fingerprint density at radius 2 is 2.22 bits per heavy atom. The molecule has 1 aromatic rings. The number of aromatic nitrogens is 2. The second-order valence-corrected chi connectivity index (χ2v) is 6.19. The summed E-state index contributed by atoms with van der Waals surface area (Å²) in [5, 5.41) is 7.72. The largest absolute Gasteiger partial charge is 0.383 e. The predicted molar refractivity (Wildman–Crippen MR) is 78.0 cm³/mol. The molecule has 0 aliphatic rings. The van der Waals surface area contributed by atoms with Gasteiger partial charge in [0.1, 0.15) is 0 Å². The van der Waals surface area contributed by atoms with Crippen molar-refractivity contribution in [3.05, 3.63) is 16.4 Å². The van der Waals surface area contributed by atoms with Gasteiger partial charge >= 0.3 is 0 Å². The van der Waals surface area contributed by atoms with E-state index in [-0.39, 0.29) is 5.41 Å². The van der Waals surface area contributed by atoms with E-state index in [0.29, 0.717) is 12.6 Å². The molecule has 0 fully saturated rings. The molecule has 4 nitrogen and oxygen atoms in total. The minimum absolute atomic E-state index is 0.0610. The van der Waals surface area contributed by atoms with Crippen molar-refractivity contribution in [2.45, 2.75) is 45.2 Å². The second-order valence-electron chi connectivity index (χ2n) is 5.33. The summed E-state index contributed by atoms with van der Waals surface area (Å²) in [6, 6.07) is 0.470. The van der Waals surface area contributed by atoms with Crippen LogP contribution in [0.3, 0.4) is 0 Å². The maximum absolute atomic E-state index is 5.14. The lowest BCUT2D eigenvalue weighted by Crippen LogP contribution is -2.33. The predicted octanol–water partition coefficient (Wildman–Crippen LogP) is 2.57. The van der Waals surface area contributed by atoms with Gasteiger partial charge < -0.3 is 10.1 Å². The molecule has 0 aliphatic carbocycles. The van der Waals surface area contributed by atoms with E-state index in [4.69, 9.17) is 4.74 Å². The van der Waals surface area contributed by atoms with Crippen molar-refractivity contribution in [1.29, 1.82) is 0 Å². The molecule has 0 aromatic carbocycles. The quantitative estimate of drug-likeness (QED) is 0.840. The minimum Gasteiger partial charge on any atom is -0.383 e. The highest BCUT2D eigenvalue weighted by Gasteiger charge is 2.29. The molecule has 18 heavy (non-hydrogen) atoms. The average Bonchev–Trinajstić information content (AvgIpc) is 2.67. The monoisotopic (exact) mass is 317 g/mol. The van der Waals surface area contributed by atoms with Crippen LogP contribution in [0.1, 0.15) is 32.9 Å². The van der Waals surface area contributed by atoms with Crippen LogP contribution in [0.4, 0.5) is 0 Å². The Morgan fingerprint density at radius 1 is 1.56 bits per heavy atom. The first-order valence-electron chi connectivity index (χ1n) is 6.30. The van der Waals surface area contributed by atoms with Crippen molar-refractivity contribution in [1.82, 2.24) is 15.1 Å². The molecule has 1 rings (SSSR count). The number of nitrogens with zero attached hydrogens (tertiary/aromatic N) is 2. The van der Waals surface area contributed by atoms with E-state index in [9.17, 15) is 0 Å². The van der Waals surface area contributed by atoms with Crippen molar-refractivity contribution < 1.29 is 4.74 Å². The molecule has 0 saturated carbocycles. The fourth-order valence-corrected chi connectivity index (χ4v) is 3.18. The molecule has 0 bridgehead atoms. The lowest BCUT2D eigenvalue weighted by Gasteiger charge is -2.29. The maximum atomic E-state index is 5.14. The van der Waals surface area contributed by atoms with Crippen LogP contribution >= 0.6 is 15.9 Å². The van der Waals surface area contributed by atoms with Crippen molar-refractivity contribution in [2.24, 2.45) is 0 Å². The Morgan fingerprint density at radius 3 is 2.78 bits per heavy atom. The zero-order valence-electron chi connectivity index (χ0n) is 12.0. The van der Waals surface area contributed by atoms with Gasteiger partial charge in [0.15, 0.2) is 0 Å². The summed E-state index contributed by atoms with van der Waals surface area (Å²) >= 11 is 3.61. The molecule has 0 amide bonds. The van der Waals surface area contributed by atoms with Crippen molar-refractivity contribution in [3.63, 3.8) is 0 Å². The second kappa shape index (κ2) is 6.68. The number of hydrogen-bond acceptors (Lipinski definition) is 3. The van der Waals surface area contributed by atoms with E-state index >= 15 is 0 Å². The third-order valence-corrected chi connectivity index (χ3v) is 3.83. The van der Waals surface area contributed by atoms with Crippen molar-refractivity contribution >= 4 is 15.9 Å². The van der Waals surface area contributed by atoms with Gasteiger partial charge in [-0.05, 0) is 36.3 Å². The third kappa shape index (κ3) is 3.80. The highest BCUT2D eigenvalue weighted by Crippen LogP contribution is 2.33. The SMILES string of the molecule is CNC(C)CC(C)(C)c1c(Br)cnn1CCOC. The normalized spacial score (nSPS) is 13.9. The summed E-state index contributed by atoms with van der Waals surface area (Å²) in [4.78, 5) is 0. The Hall–Kier alpha value is -0.390. The first kappa shape index (κ1) is 15.7. The molecule has 0 radical (unpaired) electrons. The number of rotatable bonds is 7. The average molecular weight is 318 g/mol. The van der Waals surface area contributed by atoms with Gasteiger partial charge in [-0.25, -0.2) is 0 Å². The summed E-state index contributed by atoms with van der Waals surface area (Å²) in [7, 11) is 3.71. The molecule has 0 saturated heterocycles. The third-order valence-electron chi connectivity index (χ3n) is 3.25. The fourth-order valence-electron chi connectivity index (χ4n) is 2.35. The number of halogens is 1. The first-order valence-corrected chi connectivity index (χ1v) is 7.09. The first-order chi connectivity index (χ1) is 8.42. The summed E-state index contributed by atoms with van der Waals surface area (Å²) in [5.41, 5.74) is 1.30. The van der Waals surface area contributed by atoms with Crippen LogP contribution < -0.4 is 5.32 Å². The minimum atomic E-state index is 0.0610. The van der Waals surface area contributed by atoms with E-state index in [1.807, 2.05) is 17.9 Å². The van der Waals surface area contributed by atoms with Crippen molar-refractivity contribution in [2.75, 3.05) is 20.8 Å². The van der Waals surface area contributed by atoms with Gasteiger partial charge in [-0.2, -0.15) is 5.10 Å². The Kier molecular flexibility index (Phi) is 5.82. The van der Waals surface area contributed by atoms with Gasteiger partial charge in [0.2, 0.25) is 0 Å². The fraction of sp³-hybridized carbons (Fsp3) is 0.769. The number of methoxy groups -OCH3 is 1. The molecule has 104 valence electrons. The van der Waals surface area contributed by atoms with E-state index < -0.39 is 0 Å². The molecule has 1 N–H and O–H groups in total. The van der Waals surface area contributed by atoms with E-state index in [2.05, 4.69) is 47.1 Å². The zero-order chi connectivity index (χ0) is 13.8. The topological polar surface area (TPSA) is 39.1 Å². The number of ether oxygens (including phenoxy) is 1. The Balaban J connectivity index is 2.94. The smallest absolute Gasteiger partial charge is 0.0659 e. The Bertz CT molecular complexity index is 376. The summed E-state index contributed by atoms with van der Waals surface area (Å²) in [6.45, 7) is 8.18. The summed E-state index contributed by atoms with van der Waals surface area (Å²) < 4.78 is 8.25.